The molecule has 1 rings (SSSR count). The quantitative estimate of drug-likeness (QED) is 0.658. The van der Waals surface area contributed by atoms with E-state index in [-0.39, 0.29) is 24.3 Å². The third-order valence-electron chi connectivity index (χ3n) is 3.32. The number of carboxylic acid groups (broad SMARTS) is 1. The minimum Gasteiger partial charge on any atom is -0.481 e. The maximum absolute atomic E-state index is 12.0. The Morgan fingerprint density at radius 3 is 2.70 bits per heavy atom. The zero-order valence-electron chi connectivity index (χ0n) is 12.0. The summed E-state index contributed by atoms with van der Waals surface area (Å²) in [6.45, 7) is 5.14. The summed E-state index contributed by atoms with van der Waals surface area (Å²) in [6, 6.07) is -0.899. The molecule has 0 aromatic carbocycles. The highest BCUT2D eigenvalue weighted by Gasteiger charge is 2.29. The third kappa shape index (κ3) is 5.07. The molecule has 2 atom stereocenters. The summed E-state index contributed by atoms with van der Waals surface area (Å²) in [6.07, 6.45) is 1.61. The van der Waals surface area contributed by atoms with Crippen molar-refractivity contribution in [2.45, 2.75) is 39.2 Å². The summed E-state index contributed by atoms with van der Waals surface area (Å²) in [5.74, 6) is -1.05. The van der Waals surface area contributed by atoms with Gasteiger partial charge in [-0.25, -0.2) is 4.79 Å². The van der Waals surface area contributed by atoms with Crippen molar-refractivity contribution in [3.05, 3.63) is 0 Å². The fraction of sp³-hybridized carbons (Fsp3) is 0.769. The summed E-state index contributed by atoms with van der Waals surface area (Å²) < 4.78 is 0. The van der Waals surface area contributed by atoms with Crippen molar-refractivity contribution in [2.75, 3.05) is 19.6 Å². The van der Waals surface area contributed by atoms with Gasteiger partial charge in [0.15, 0.2) is 0 Å². The van der Waals surface area contributed by atoms with Crippen molar-refractivity contribution < 1.29 is 19.5 Å². The van der Waals surface area contributed by atoms with Gasteiger partial charge < -0.3 is 20.6 Å². The number of aliphatic carboxylic acids is 1. The summed E-state index contributed by atoms with van der Waals surface area (Å²) in [4.78, 5) is 35.8. The Morgan fingerprint density at radius 1 is 1.40 bits per heavy atom. The van der Waals surface area contributed by atoms with Crippen LogP contribution in [0.4, 0.5) is 4.79 Å². The first-order valence-corrected chi connectivity index (χ1v) is 6.99. The Bertz CT molecular complexity index is 373. The molecule has 0 aliphatic carbocycles. The molecule has 0 spiro atoms. The number of carboxylic acids is 1. The van der Waals surface area contributed by atoms with Crippen molar-refractivity contribution in [1.29, 1.82) is 0 Å². The van der Waals surface area contributed by atoms with Crippen LogP contribution in [-0.4, -0.2) is 53.6 Å². The number of amides is 3. The summed E-state index contributed by atoms with van der Waals surface area (Å²) >= 11 is 0. The number of hydrogen-bond acceptors (Lipinski definition) is 3. The molecule has 1 heterocycles. The molecular weight excluding hydrogens is 262 g/mol. The van der Waals surface area contributed by atoms with E-state index >= 15 is 0 Å². The Hall–Kier alpha value is -1.79. The van der Waals surface area contributed by atoms with E-state index in [4.69, 9.17) is 5.11 Å². The van der Waals surface area contributed by atoms with E-state index in [1.54, 1.807) is 11.8 Å². The summed E-state index contributed by atoms with van der Waals surface area (Å²) in [7, 11) is 0. The first-order valence-electron chi connectivity index (χ1n) is 6.99. The normalized spacial score (nSPS) is 19.5. The Balaban J connectivity index is 2.36. The fourth-order valence-electron chi connectivity index (χ4n) is 2.17. The molecule has 114 valence electrons. The van der Waals surface area contributed by atoms with E-state index in [1.165, 1.54) is 0 Å². The SMILES string of the molecule is CCCNC(=O)C(C)NC(=O)N1CCC(CC(=O)O)C1. The molecule has 7 nitrogen and oxygen atoms in total. The predicted octanol–water partition coefficient (Wildman–Crippen LogP) is 0.407. The van der Waals surface area contributed by atoms with Crippen molar-refractivity contribution in [3.8, 4) is 0 Å². The van der Waals surface area contributed by atoms with E-state index in [9.17, 15) is 14.4 Å². The molecule has 0 aromatic heterocycles. The number of carbonyl (C=O) groups excluding carboxylic acids is 2. The van der Waals surface area contributed by atoms with Gasteiger partial charge in [0.1, 0.15) is 6.04 Å². The fourth-order valence-corrected chi connectivity index (χ4v) is 2.17. The molecule has 0 aromatic rings. The zero-order chi connectivity index (χ0) is 15.1. The van der Waals surface area contributed by atoms with Crippen molar-refractivity contribution >= 4 is 17.9 Å². The van der Waals surface area contributed by atoms with E-state index < -0.39 is 12.0 Å². The van der Waals surface area contributed by atoms with Gasteiger partial charge in [-0.3, -0.25) is 9.59 Å². The number of nitrogens with zero attached hydrogens (tertiary/aromatic N) is 1. The van der Waals surface area contributed by atoms with Crippen molar-refractivity contribution in [1.82, 2.24) is 15.5 Å². The lowest BCUT2D eigenvalue weighted by Gasteiger charge is -2.20. The van der Waals surface area contributed by atoms with Crippen LogP contribution in [0.2, 0.25) is 0 Å². The molecule has 0 saturated carbocycles. The van der Waals surface area contributed by atoms with Crippen LogP contribution >= 0.6 is 0 Å². The van der Waals surface area contributed by atoms with Gasteiger partial charge in [-0.2, -0.15) is 0 Å². The molecule has 3 N–H and O–H groups in total. The van der Waals surface area contributed by atoms with Crippen molar-refractivity contribution in [3.63, 3.8) is 0 Å². The van der Waals surface area contributed by atoms with E-state index in [2.05, 4.69) is 10.6 Å². The molecule has 0 bridgehead atoms. The molecule has 7 heteroatoms. The molecule has 1 fully saturated rings. The minimum absolute atomic E-state index is 0.00229. The molecule has 1 aliphatic heterocycles. The average molecular weight is 285 g/mol. The number of urea groups is 1. The Morgan fingerprint density at radius 2 is 2.10 bits per heavy atom. The van der Waals surface area contributed by atoms with Gasteiger partial charge in [0.05, 0.1) is 0 Å². The number of carbonyl (C=O) groups is 3. The monoisotopic (exact) mass is 285 g/mol. The van der Waals surface area contributed by atoms with Gasteiger partial charge in [0.25, 0.3) is 0 Å². The highest BCUT2D eigenvalue weighted by Crippen LogP contribution is 2.19. The van der Waals surface area contributed by atoms with Crippen LogP contribution in [0.15, 0.2) is 0 Å². The second-order valence-electron chi connectivity index (χ2n) is 5.16. The molecule has 2 unspecified atom stereocenters. The van der Waals surface area contributed by atoms with E-state index in [1.807, 2.05) is 6.92 Å². The highest BCUT2D eigenvalue weighted by atomic mass is 16.4. The topological polar surface area (TPSA) is 98.7 Å². The van der Waals surface area contributed by atoms with Gasteiger partial charge in [0, 0.05) is 26.1 Å². The Labute approximate surface area is 118 Å². The largest absolute Gasteiger partial charge is 0.481 e. The molecule has 3 amide bonds. The second kappa shape index (κ2) is 7.72. The van der Waals surface area contributed by atoms with Crippen molar-refractivity contribution in [2.24, 2.45) is 5.92 Å². The van der Waals surface area contributed by atoms with Crippen LogP contribution in [0.3, 0.4) is 0 Å². The van der Waals surface area contributed by atoms with Gasteiger partial charge >= 0.3 is 12.0 Å². The van der Waals surface area contributed by atoms with Crippen LogP contribution in [0.5, 0.6) is 0 Å². The number of hydrogen-bond donors (Lipinski definition) is 3. The number of rotatable bonds is 6. The van der Waals surface area contributed by atoms with Gasteiger partial charge in [-0.15, -0.1) is 0 Å². The standard InChI is InChI=1S/C13H23N3O4/c1-3-5-14-12(19)9(2)15-13(20)16-6-4-10(8-16)7-11(17)18/h9-10H,3-8H2,1-2H3,(H,14,19)(H,15,20)(H,17,18). The lowest BCUT2D eigenvalue weighted by atomic mass is 10.1. The summed E-state index contributed by atoms with van der Waals surface area (Å²) in [5.41, 5.74) is 0. The zero-order valence-corrected chi connectivity index (χ0v) is 12.0. The van der Waals surface area contributed by atoms with Gasteiger partial charge in [-0.1, -0.05) is 6.92 Å². The van der Waals surface area contributed by atoms with Crippen LogP contribution < -0.4 is 10.6 Å². The molecule has 20 heavy (non-hydrogen) atoms. The van der Waals surface area contributed by atoms with Crippen LogP contribution in [0.25, 0.3) is 0 Å². The first-order chi connectivity index (χ1) is 9.43. The van der Waals surface area contributed by atoms with Gasteiger partial charge in [-0.05, 0) is 25.7 Å². The molecule has 1 aliphatic rings. The predicted molar refractivity (Wildman–Crippen MR) is 73.2 cm³/mol. The maximum Gasteiger partial charge on any atom is 0.318 e. The van der Waals surface area contributed by atoms with Gasteiger partial charge in [0.2, 0.25) is 5.91 Å². The van der Waals surface area contributed by atoms with Crippen LogP contribution in [-0.2, 0) is 9.59 Å². The third-order valence-corrected chi connectivity index (χ3v) is 3.32. The number of likely N-dealkylation sites (tertiary alicyclic amines) is 1. The summed E-state index contributed by atoms with van der Waals surface area (Å²) in [5, 5.41) is 14.1. The molecule has 0 radical (unpaired) electrons. The lowest BCUT2D eigenvalue weighted by Crippen LogP contribution is -2.49. The second-order valence-corrected chi connectivity index (χ2v) is 5.16. The van der Waals surface area contributed by atoms with Crippen LogP contribution in [0, 0.1) is 5.92 Å². The first kappa shape index (κ1) is 16.3. The van der Waals surface area contributed by atoms with E-state index in [0.717, 1.165) is 6.42 Å². The smallest absolute Gasteiger partial charge is 0.318 e. The molecule has 1 saturated heterocycles. The minimum atomic E-state index is -0.843. The van der Waals surface area contributed by atoms with Crippen LogP contribution in [0.1, 0.15) is 33.1 Å². The number of nitrogens with one attached hydrogen (secondary N) is 2. The lowest BCUT2D eigenvalue weighted by molar-refractivity contribution is -0.138. The Kier molecular flexibility index (Phi) is 6.27. The average Bonchev–Trinajstić information content (AvgIpc) is 2.83. The maximum atomic E-state index is 12.0. The van der Waals surface area contributed by atoms with E-state index in [0.29, 0.717) is 26.1 Å². The highest BCUT2D eigenvalue weighted by molar-refractivity contribution is 5.86. The molecular formula is C13H23N3O4.